The second kappa shape index (κ2) is 13.8. The zero-order valence-electron chi connectivity index (χ0n) is 22.0. The van der Waals surface area contributed by atoms with E-state index >= 15 is 0 Å². The molecule has 5 rings (SSSR count). The van der Waals surface area contributed by atoms with Gasteiger partial charge < -0.3 is 19.6 Å². The number of phenols is 1. The van der Waals surface area contributed by atoms with Crippen LogP contribution in [0.1, 0.15) is 16.9 Å². The third-order valence-electron chi connectivity index (χ3n) is 5.86. The van der Waals surface area contributed by atoms with Gasteiger partial charge in [0.05, 0.1) is 23.9 Å². The van der Waals surface area contributed by atoms with Gasteiger partial charge in [-0.15, -0.1) is 5.10 Å². The average Bonchev–Trinajstić information content (AvgIpc) is 3.60. The predicted molar refractivity (Wildman–Crippen MR) is 170 cm³/mol. The Morgan fingerprint density at radius 1 is 1.07 bits per heavy atom. The molecule has 0 atom stereocenters. The van der Waals surface area contributed by atoms with Gasteiger partial charge in [-0.1, -0.05) is 31.9 Å². The van der Waals surface area contributed by atoms with Crippen molar-refractivity contribution in [3.63, 3.8) is 0 Å². The standard InChI is InChI=1S/C30H21Br2FN4O5S/c31-20-3-9-25(38)19(13-20)15-34-36-30-37(16-24-2-1-11-41-24)29(40)27(43-30)14-18-12-21(32)4-10-26(18)42-17-28(39)35-23-7-5-22(33)6-8-23/h1-15,38H,16-17H2,(H,35,39)/b27-14-,34-15+,36-30-. The van der Waals surface area contributed by atoms with Crippen LogP contribution < -0.4 is 10.1 Å². The minimum Gasteiger partial charge on any atom is -0.507 e. The number of furan rings is 1. The van der Waals surface area contributed by atoms with Gasteiger partial charge in [-0.3, -0.25) is 14.5 Å². The van der Waals surface area contributed by atoms with Gasteiger partial charge in [0.25, 0.3) is 11.8 Å². The maximum Gasteiger partial charge on any atom is 0.267 e. The molecule has 3 aromatic carbocycles. The summed E-state index contributed by atoms with van der Waals surface area (Å²) in [5.74, 6) is -0.232. The summed E-state index contributed by atoms with van der Waals surface area (Å²) in [4.78, 5) is 27.8. The van der Waals surface area contributed by atoms with E-state index in [9.17, 15) is 19.1 Å². The molecule has 0 unspecified atom stereocenters. The minimum absolute atomic E-state index is 0.0314. The fourth-order valence-corrected chi connectivity index (χ4v) is 5.51. The topological polar surface area (TPSA) is 117 Å². The number of amidine groups is 1. The van der Waals surface area contributed by atoms with Crippen molar-refractivity contribution < 1.29 is 28.2 Å². The van der Waals surface area contributed by atoms with Gasteiger partial charge in [-0.25, -0.2) is 4.39 Å². The first-order valence-electron chi connectivity index (χ1n) is 12.6. The molecule has 2 amide bonds. The van der Waals surface area contributed by atoms with Crippen molar-refractivity contribution in [2.75, 3.05) is 11.9 Å². The molecule has 43 heavy (non-hydrogen) atoms. The molecule has 2 N–H and O–H groups in total. The summed E-state index contributed by atoms with van der Waals surface area (Å²) in [6, 6.07) is 19.0. The molecule has 0 aliphatic carbocycles. The number of nitrogens with one attached hydrogen (secondary N) is 1. The van der Waals surface area contributed by atoms with Crippen molar-refractivity contribution in [1.29, 1.82) is 0 Å². The van der Waals surface area contributed by atoms with E-state index in [4.69, 9.17) is 9.15 Å². The van der Waals surface area contributed by atoms with Crippen LogP contribution in [0.2, 0.25) is 0 Å². The Balaban J connectivity index is 1.38. The molecule has 9 nitrogen and oxygen atoms in total. The maximum atomic E-state index is 13.5. The second-order valence-electron chi connectivity index (χ2n) is 8.94. The summed E-state index contributed by atoms with van der Waals surface area (Å²) >= 11 is 7.91. The zero-order chi connectivity index (χ0) is 30.3. The van der Waals surface area contributed by atoms with Gasteiger partial charge >= 0.3 is 0 Å². The molecule has 1 fully saturated rings. The van der Waals surface area contributed by atoms with Crippen LogP contribution in [0.5, 0.6) is 11.5 Å². The molecule has 0 saturated carbocycles. The number of phenolic OH excluding ortho intramolecular Hbond substituents is 1. The Hall–Kier alpha value is -4.20. The number of nitrogens with zero attached hydrogens (tertiary/aromatic N) is 3. The van der Waals surface area contributed by atoms with Gasteiger partial charge in [-0.05, 0) is 90.6 Å². The van der Waals surface area contributed by atoms with Crippen LogP contribution >= 0.6 is 43.6 Å². The number of rotatable bonds is 9. The van der Waals surface area contributed by atoms with Gasteiger partial charge in [0.15, 0.2) is 11.8 Å². The molecule has 1 saturated heterocycles. The average molecular weight is 728 g/mol. The molecule has 0 radical (unpaired) electrons. The van der Waals surface area contributed by atoms with Crippen LogP contribution in [0, 0.1) is 5.82 Å². The summed E-state index contributed by atoms with van der Waals surface area (Å²) in [6.45, 7) is -0.192. The number of carbonyl (C=O) groups is 2. The first kappa shape index (κ1) is 30.3. The normalized spacial score (nSPS) is 15.1. The highest BCUT2D eigenvalue weighted by Gasteiger charge is 2.34. The molecule has 2 heterocycles. The van der Waals surface area contributed by atoms with Crippen molar-refractivity contribution in [1.82, 2.24) is 4.90 Å². The number of anilines is 1. The Morgan fingerprint density at radius 3 is 2.56 bits per heavy atom. The lowest BCUT2D eigenvalue weighted by molar-refractivity contribution is -0.122. The maximum absolute atomic E-state index is 13.5. The molecule has 1 aromatic heterocycles. The van der Waals surface area contributed by atoms with Crippen molar-refractivity contribution in [3.05, 3.63) is 116 Å². The Labute approximate surface area is 266 Å². The summed E-state index contributed by atoms with van der Waals surface area (Å²) in [6.07, 6.45) is 4.55. The molecular formula is C30H21Br2FN4O5S. The smallest absolute Gasteiger partial charge is 0.267 e. The van der Waals surface area contributed by atoms with Gasteiger partial charge in [0.2, 0.25) is 0 Å². The Bertz CT molecular complexity index is 1740. The summed E-state index contributed by atoms with van der Waals surface area (Å²) in [5, 5.41) is 21.4. The van der Waals surface area contributed by atoms with Gasteiger partial charge in [-0.2, -0.15) is 5.10 Å². The van der Waals surface area contributed by atoms with Gasteiger partial charge in [0, 0.05) is 25.8 Å². The Kier molecular flexibility index (Phi) is 9.75. The van der Waals surface area contributed by atoms with E-state index in [0.29, 0.717) is 38.4 Å². The van der Waals surface area contributed by atoms with E-state index in [1.807, 2.05) is 0 Å². The number of thioether (sulfide) groups is 1. The monoisotopic (exact) mass is 726 g/mol. The van der Waals surface area contributed by atoms with Crippen LogP contribution in [0.15, 0.2) is 108 Å². The number of halogens is 3. The summed E-state index contributed by atoms with van der Waals surface area (Å²) in [5.41, 5.74) is 1.42. The molecule has 1 aliphatic rings. The molecule has 0 spiro atoms. The van der Waals surface area contributed by atoms with Crippen LogP contribution in [-0.2, 0) is 16.1 Å². The summed E-state index contributed by atoms with van der Waals surface area (Å²) in [7, 11) is 0. The van der Waals surface area contributed by atoms with E-state index in [2.05, 4.69) is 47.4 Å². The SMILES string of the molecule is O=C(COc1ccc(Br)cc1/C=C1\S/C(=N\N=C\c2cc(Br)ccc2O)N(Cc2ccco2)C1=O)Nc1ccc(F)cc1. The van der Waals surface area contributed by atoms with E-state index < -0.39 is 11.7 Å². The lowest BCUT2D eigenvalue weighted by Gasteiger charge is -2.13. The van der Waals surface area contributed by atoms with Crippen LogP contribution in [0.4, 0.5) is 10.1 Å². The zero-order valence-corrected chi connectivity index (χ0v) is 26.0. The quantitative estimate of drug-likeness (QED) is 0.107. The highest BCUT2D eigenvalue weighted by atomic mass is 79.9. The van der Waals surface area contributed by atoms with Crippen LogP contribution in [0.3, 0.4) is 0 Å². The second-order valence-corrected chi connectivity index (χ2v) is 11.8. The fourth-order valence-electron chi connectivity index (χ4n) is 3.83. The van der Waals surface area contributed by atoms with E-state index in [0.717, 1.165) is 20.7 Å². The van der Waals surface area contributed by atoms with Crippen molar-refractivity contribution in [2.24, 2.45) is 10.2 Å². The third-order valence-corrected chi connectivity index (χ3v) is 7.84. The van der Waals surface area contributed by atoms with Crippen molar-refractivity contribution in [3.8, 4) is 11.5 Å². The number of hydrogen-bond acceptors (Lipinski definition) is 8. The largest absolute Gasteiger partial charge is 0.507 e. The number of amides is 2. The lowest BCUT2D eigenvalue weighted by Crippen LogP contribution is -2.28. The molecular weight excluding hydrogens is 707 g/mol. The van der Waals surface area contributed by atoms with Crippen molar-refractivity contribution in [2.45, 2.75) is 6.54 Å². The highest BCUT2D eigenvalue weighted by molar-refractivity contribution is 9.10. The molecule has 1 aliphatic heterocycles. The lowest BCUT2D eigenvalue weighted by atomic mass is 10.2. The first-order chi connectivity index (χ1) is 20.7. The van der Waals surface area contributed by atoms with Crippen LogP contribution in [-0.4, -0.2) is 39.8 Å². The number of aromatic hydroxyl groups is 1. The Morgan fingerprint density at radius 2 is 1.81 bits per heavy atom. The number of benzene rings is 3. The van der Waals surface area contributed by atoms with Gasteiger partial charge in [0.1, 0.15) is 23.1 Å². The molecule has 0 bridgehead atoms. The third kappa shape index (κ3) is 8.00. The molecule has 4 aromatic rings. The number of ether oxygens (including phenoxy) is 1. The number of hydrogen-bond donors (Lipinski definition) is 2. The van der Waals surface area contributed by atoms with Crippen molar-refractivity contribution >= 4 is 78.6 Å². The van der Waals surface area contributed by atoms with E-state index in [-0.39, 0.29) is 24.8 Å². The molecule has 13 heteroatoms. The molecule has 218 valence electrons. The van der Waals surface area contributed by atoms with E-state index in [1.165, 1.54) is 47.7 Å². The number of carbonyl (C=O) groups excluding carboxylic acids is 2. The van der Waals surface area contributed by atoms with Crippen LogP contribution in [0.25, 0.3) is 6.08 Å². The highest BCUT2D eigenvalue weighted by Crippen LogP contribution is 2.36. The summed E-state index contributed by atoms with van der Waals surface area (Å²) < 4.78 is 25.9. The minimum atomic E-state index is -0.437. The first-order valence-corrected chi connectivity index (χ1v) is 15.0. The fraction of sp³-hybridized carbons (Fsp3) is 0.0667. The predicted octanol–water partition coefficient (Wildman–Crippen LogP) is 7.17. The van der Waals surface area contributed by atoms with E-state index in [1.54, 1.807) is 48.5 Å².